The van der Waals surface area contributed by atoms with E-state index >= 15 is 0 Å². The molecule has 0 aliphatic heterocycles. The molecule has 7 heteroatoms. The minimum atomic E-state index is -0.515. The number of halogens is 4. The molecule has 3 aromatic rings. The molecule has 174 valence electrons. The Balaban J connectivity index is 1.64. The van der Waals surface area contributed by atoms with E-state index in [4.69, 9.17) is 16.1 Å². The molecule has 0 aliphatic rings. The summed E-state index contributed by atoms with van der Waals surface area (Å²) in [6, 6.07) is 8.03. The molecule has 0 fully saturated rings. The molecule has 0 saturated heterocycles. The van der Waals surface area contributed by atoms with Crippen LogP contribution >= 0.6 is 11.6 Å². The predicted molar refractivity (Wildman–Crippen MR) is 126 cm³/mol. The second-order valence-electron chi connectivity index (χ2n) is 7.82. The van der Waals surface area contributed by atoms with Crippen LogP contribution in [0, 0.1) is 24.4 Å². The van der Waals surface area contributed by atoms with Gasteiger partial charge in [-0.3, -0.25) is 0 Å². The monoisotopic (exact) mass is 474 g/mol. The van der Waals surface area contributed by atoms with Gasteiger partial charge in [0.15, 0.2) is 0 Å². The second-order valence-corrected chi connectivity index (χ2v) is 8.26. The maximum absolute atomic E-state index is 14.2. The number of benzene rings is 2. The average Bonchev–Trinajstić information content (AvgIpc) is 3.24. The third-order valence-electron chi connectivity index (χ3n) is 5.31. The van der Waals surface area contributed by atoms with Gasteiger partial charge in [0, 0.05) is 24.1 Å². The SMILES string of the molecule is C=C(NCC/C(=C/CCC)c1cc(Cl)cc(F)c1C)c1cc(Cc2cc(F)ccc2F)on1. The fourth-order valence-electron chi connectivity index (χ4n) is 3.49. The molecule has 3 nitrogen and oxygen atoms in total. The summed E-state index contributed by atoms with van der Waals surface area (Å²) in [6.45, 7) is 8.34. The molecule has 0 bridgehead atoms. The molecule has 0 spiro atoms. The van der Waals surface area contributed by atoms with Crippen molar-refractivity contribution in [1.29, 1.82) is 0 Å². The lowest BCUT2D eigenvalue weighted by Gasteiger charge is -2.14. The van der Waals surface area contributed by atoms with Gasteiger partial charge in [-0.05, 0) is 72.4 Å². The zero-order valence-corrected chi connectivity index (χ0v) is 19.4. The van der Waals surface area contributed by atoms with Crippen molar-refractivity contribution in [1.82, 2.24) is 10.5 Å². The van der Waals surface area contributed by atoms with E-state index in [1.807, 2.05) is 0 Å². The molecule has 0 saturated carbocycles. The fraction of sp³-hybridized carbons (Fsp3) is 0.269. The van der Waals surface area contributed by atoms with Gasteiger partial charge in [-0.15, -0.1) is 0 Å². The summed E-state index contributed by atoms with van der Waals surface area (Å²) in [4.78, 5) is 0. The summed E-state index contributed by atoms with van der Waals surface area (Å²) in [5, 5.41) is 7.53. The molecule has 1 aromatic heterocycles. The number of nitrogens with zero attached hydrogens (tertiary/aromatic N) is 1. The van der Waals surface area contributed by atoms with Crippen LogP contribution in [0.15, 0.2) is 53.6 Å². The van der Waals surface area contributed by atoms with Crippen LogP contribution in [-0.2, 0) is 6.42 Å². The Hall–Kier alpha value is -2.99. The van der Waals surface area contributed by atoms with Crippen LogP contribution in [0.2, 0.25) is 5.02 Å². The Morgan fingerprint density at radius 1 is 1.15 bits per heavy atom. The molecule has 0 radical (unpaired) electrons. The largest absolute Gasteiger partial charge is 0.383 e. The molecule has 33 heavy (non-hydrogen) atoms. The Morgan fingerprint density at radius 2 is 1.94 bits per heavy atom. The summed E-state index contributed by atoms with van der Waals surface area (Å²) in [5.41, 5.74) is 3.55. The van der Waals surface area contributed by atoms with Crippen LogP contribution < -0.4 is 5.32 Å². The van der Waals surface area contributed by atoms with E-state index in [1.165, 1.54) is 6.07 Å². The molecule has 1 heterocycles. The van der Waals surface area contributed by atoms with E-state index < -0.39 is 11.6 Å². The van der Waals surface area contributed by atoms with Crippen molar-refractivity contribution in [2.45, 2.75) is 39.5 Å². The normalized spacial score (nSPS) is 11.6. The molecular weight excluding hydrogens is 449 g/mol. The van der Waals surface area contributed by atoms with Crippen LogP contribution in [0.4, 0.5) is 13.2 Å². The Labute approximate surface area is 196 Å². The summed E-state index contributed by atoms with van der Waals surface area (Å²) >= 11 is 6.08. The molecular formula is C26H26ClF3N2O. The highest BCUT2D eigenvalue weighted by Crippen LogP contribution is 2.28. The van der Waals surface area contributed by atoms with E-state index in [0.717, 1.165) is 42.2 Å². The van der Waals surface area contributed by atoms with Gasteiger partial charge >= 0.3 is 0 Å². The van der Waals surface area contributed by atoms with Gasteiger partial charge in [0.2, 0.25) is 0 Å². The Bertz CT molecular complexity index is 1170. The molecule has 0 atom stereocenters. The van der Waals surface area contributed by atoms with Gasteiger partial charge in [0.05, 0.1) is 5.70 Å². The molecule has 2 aromatic carbocycles. The highest BCUT2D eigenvalue weighted by Gasteiger charge is 2.13. The standard InChI is InChI=1S/C26H26ClF3N2O/c1-4-5-6-18(23-13-20(27)14-25(30)16(23)2)9-10-31-17(3)26-15-22(33-32-26)12-19-11-21(28)7-8-24(19)29/h6-8,11,13-15,31H,3-5,9-10,12H2,1-2H3/b18-6-. The first kappa shape index (κ1) is 24.6. The van der Waals surface area contributed by atoms with Gasteiger partial charge in [0.1, 0.15) is 28.9 Å². The number of rotatable bonds is 10. The number of hydrogen-bond acceptors (Lipinski definition) is 3. The van der Waals surface area contributed by atoms with Crippen LogP contribution in [0.3, 0.4) is 0 Å². The molecule has 0 unspecified atom stereocenters. The third-order valence-corrected chi connectivity index (χ3v) is 5.53. The maximum atomic E-state index is 14.2. The Morgan fingerprint density at radius 3 is 2.70 bits per heavy atom. The van der Waals surface area contributed by atoms with E-state index in [-0.39, 0.29) is 17.8 Å². The zero-order chi connectivity index (χ0) is 24.0. The van der Waals surface area contributed by atoms with Crippen molar-refractivity contribution in [3.8, 4) is 0 Å². The summed E-state index contributed by atoms with van der Waals surface area (Å²) in [5.74, 6) is -0.961. The van der Waals surface area contributed by atoms with Crippen molar-refractivity contribution in [2.75, 3.05) is 6.54 Å². The highest BCUT2D eigenvalue weighted by molar-refractivity contribution is 6.30. The van der Waals surface area contributed by atoms with Crippen molar-refractivity contribution in [3.63, 3.8) is 0 Å². The topological polar surface area (TPSA) is 38.1 Å². The van der Waals surface area contributed by atoms with Crippen LogP contribution in [-0.4, -0.2) is 11.7 Å². The number of aromatic nitrogens is 1. The summed E-state index contributed by atoms with van der Waals surface area (Å²) in [6.07, 6.45) is 4.64. The zero-order valence-electron chi connectivity index (χ0n) is 18.7. The van der Waals surface area contributed by atoms with Crippen LogP contribution in [0.1, 0.15) is 54.3 Å². The minimum absolute atomic E-state index is 0.0768. The van der Waals surface area contributed by atoms with E-state index in [0.29, 0.717) is 40.7 Å². The molecule has 0 aliphatic carbocycles. The number of nitrogens with one attached hydrogen (secondary N) is 1. The smallest absolute Gasteiger partial charge is 0.141 e. The lowest BCUT2D eigenvalue weighted by Crippen LogP contribution is -2.14. The van der Waals surface area contributed by atoms with Gasteiger partial charge in [-0.25, -0.2) is 13.2 Å². The summed E-state index contributed by atoms with van der Waals surface area (Å²) in [7, 11) is 0. The minimum Gasteiger partial charge on any atom is -0.383 e. The predicted octanol–water partition coefficient (Wildman–Crippen LogP) is 7.48. The third kappa shape index (κ3) is 6.51. The van der Waals surface area contributed by atoms with E-state index in [2.05, 4.69) is 30.1 Å². The van der Waals surface area contributed by atoms with Gasteiger partial charge in [0.25, 0.3) is 0 Å². The number of hydrogen-bond donors (Lipinski definition) is 1. The number of allylic oxidation sites excluding steroid dienone is 1. The van der Waals surface area contributed by atoms with E-state index in [1.54, 1.807) is 19.1 Å². The number of unbranched alkanes of at least 4 members (excludes halogenated alkanes) is 1. The lowest BCUT2D eigenvalue weighted by atomic mass is 9.96. The van der Waals surface area contributed by atoms with E-state index in [9.17, 15) is 13.2 Å². The van der Waals surface area contributed by atoms with Gasteiger partial charge in [-0.1, -0.05) is 42.8 Å². The van der Waals surface area contributed by atoms with Crippen LogP contribution in [0.25, 0.3) is 11.3 Å². The highest BCUT2D eigenvalue weighted by atomic mass is 35.5. The average molecular weight is 475 g/mol. The van der Waals surface area contributed by atoms with Gasteiger partial charge < -0.3 is 9.84 Å². The second kappa shape index (κ2) is 11.2. The van der Waals surface area contributed by atoms with Crippen molar-refractivity contribution < 1.29 is 17.7 Å². The lowest BCUT2D eigenvalue weighted by molar-refractivity contribution is 0.386. The summed E-state index contributed by atoms with van der Waals surface area (Å²) < 4.78 is 46.7. The maximum Gasteiger partial charge on any atom is 0.141 e. The quantitative estimate of drug-likeness (QED) is 0.331. The van der Waals surface area contributed by atoms with Gasteiger partial charge in [-0.2, -0.15) is 0 Å². The van der Waals surface area contributed by atoms with Crippen molar-refractivity contribution in [3.05, 3.63) is 99.7 Å². The molecule has 0 amide bonds. The molecule has 3 rings (SSSR count). The first-order chi connectivity index (χ1) is 15.8. The van der Waals surface area contributed by atoms with Crippen LogP contribution in [0.5, 0.6) is 0 Å². The van der Waals surface area contributed by atoms with Crippen molar-refractivity contribution in [2.24, 2.45) is 0 Å². The Kier molecular flexibility index (Phi) is 8.39. The van der Waals surface area contributed by atoms with Crippen molar-refractivity contribution >= 4 is 22.9 Å². The molecule has 1 N–H and O–H groups in total. The fourth-order valence-corrected chi connectivity index (χ4v) is 3.69. The first-order valence-corrected chi connectivity index (χ1v) is 11.1. The first-order valence-electron chi connectivity index (χ1n) is 10.8.